The summed E-state index contributed by atoms with van der Waals surface area (Å²) in [7, 11) is 0. The molecule has 3 atom stereocenters. The maximum Gasteiger partial charge on any atom is 0.274 e. The molecule has 3 unspecified atom stereocenters. The minimum atomic E-state index is -1.19. The van der Waals surface area contributed by atoms with Crippen LogP contribution in [-0.2, 0) is 12.1 Å². The SMILES string of the molecule is O=C1c2c(OCc3ccccc3)c(=O)cc3n2C2(CCCCN1C2)C(O)C3O. The molecule has 7 nitrogen and oxygen atoms in total. The van der Waals surface area contributed by atoms with E-state index in [1.807, 2.05) is 30.3 Å². The highest BCUT2D eigenvalue weighted by Crippen LogP contribution is 2.48. The van der Waals surface area contributed by atoms with E-state index in [4.69, 9.17) is 4.74 Å². The molecule has 7 heteroatoms. The van der Waals surface area contributed by atoms with Gasteiger partial charge in [-0.05, 0) is 24.8 Å². The second kappa shape index (κ2) is 6.18. The van der Waals surface area contributed by atoms with Crippen LogP contribution in [0.5, 0.6) is 5.75 Å². The van der Waals surface area contributed by atoms with Crippen molar-refractivity contribution < 1.29 is 19.7 Å². The molecular formula is C21H22N2O5. The standard InChI is InChI=1S/C21H22N2O5/c24-15-10-14-17(25)19(26)21-8-4-5-9-22(12-21)20(27)16(23(14)21)18(15)28-11-13-6-2-1-3-7-13/h1-3,6-7,10,17,19,25-26H,4-5,8-9,11-12H2. The average Bonchev–Trinajstić information content (AvgIpc) is 2.85. The molecule has 1 aromatic heterocycles. The fourth-order valence-corrected chi connectivity index (χ4v) is 4.93. The van der Waals surface area contributed by atoms with Crippen LogP contribution < -0.4 is 10.2 Å². The third kappa shape index (κ3) is 2.29. The van der Waals surface area contributed by atoms with E-state index in [2.05, 4.69) is 0 Å². The second-order valence-electron chi connectivity index (χ2n) is 7.90. The Morgan fingerprint density at radius 1 is 1.14 bits per heavy atom. The van der Waals surface area contributed by atoms with Crippen molar-refractivity contribution in [1.29, 1.82) is 0 Å². The molecule has 28 heavy (non-hydrogen) atoms. The first kappa shape index (κ1) is 17.5. The molecule has 1 aromatic carbocycles. The van der Waals surface area contributed by atoms with Gasteiger partial charge in [0.2, 0.25) is 5.43 Å². The zero-order valence-corrected chi connectivity index (χ0v) is 15.4. The number of aliphatic hydroxyl groups excluding tert-OH is 2. The highest BCUT2D eigenvalue weighted by atomic mass is 16.5. The van der Waals surface area contributed by atoms with Gasteiger partial charge in [-0.1, -0.05) is 30.3 Å². The van der Waals surface area contributed by atoms with Gasteiger partial charge in [-0.3, -0.25) is 9.59 Å². The van der Waals surface area contributed by atoms with Crippen molar-refractivity contribution in [2.75, 3.05) is 13.1 Å². The number of rotatable bonds is 3. The third-order valence-electron chi connectivity index (χ3n) is 6.27. The lowest BCUT2D eigenvalue weighted by Crippen LogP contribution is -2.56. The molecule has 0 aliphatic carbocycles. The van der Waals surface area contributed by atoms with Gasteiger partial charge in [0.1, 0.15) is 18.8 Å². The third-order valence-corrected chi connectivity index (χ3v) is 6.27. The Morgan fingerprint density at radius 2 is 1.93 bits per heavy atom. The lowest BCUT2D eigenvalue weighted by Gasteiger charge is -2.43. The first-order valence-electron chi connectivity index (χ1n) is 9.65. The van der Waals surface area contributed by atoms with Gasteiger partial charge in [-0.15, -0.1) is 0 Å². The number of aliphatic hydroxyl groups is 2. The number of carbonyl (C=O) groups excluding carboxylic acids is 1. The fourth-order valence-electron chi connectivity index (χ4n) is 4.93. The quantitative estimate of drug-likeness (QED) is 0.832. The Balaban J connectivity index is 1.68. The number of benzene rings is 1. The Bertz CT molecular complexity index is 1000. The molecule has 1 spiro atoms. The van der Waals surface area contributed by atoms with Crippen molar-refractivity contribution in [3.63, 3.8) is 0 Å². The van der Waals surface area contributed by atoms with Crippen LogP contribution in [-0.4, -0.2) is 44.8 Å². The van der Waals surface area contributed by atoms with Crippen LogP contribution >= 0.6 is 0 Å². The highest BCUT2D eigenvalue weighted by Gasteiger charge is 2.57. The first-order valence-corrected chi connectivity index (χ1v) is 9.65. The summed E-state index contributed by atoms with van der Waals surface area (Å²) in [6.45, 7) is 1.07. The van der Waals surface area contributed by atoms with Gasteiger partial charge in [0.25, 0.3) is 5.91 Å². The molecule has 2 bridgehead atoms. The maximum atomic E-state index is 13.2. The van der Waals surface area contributed by atoms with Crippen LogP contribution in [0.1, 0.15) is 47.1 Å². The molecule has 1 saturated heterocycles. The minimum Gasteiger partial charge on any atom is -0.483 e. The van der Waals surface area contributed by atoms with Crippen LogP contribution in [0.3, 0.4) is 0 Å². The topological polar surface area (TPSA) is 92.0 Å². The van der Waals surface area contributed by atoms with Crippen LogP contribution in [0.4, 0.5) is 0 Å². The van der Waals surface area contributed by atoms with E-state index in [-0.39, 0.29) is 24.0 Å². The van der Waals surface area contributed by atoms with Crippen molar-refractivity contribution in [2.24, 2.45) is 0 Å². The van der Waals surface area contributed by atoms with E-state index < -0.39 is 23.2 Å². The number of ether oxygens (including phenoxy) is 1. The zero-order valence-electron chi connectivity index (χ0n) is 15.4. The van der Waals surface area contributed by atoms with E-state index in [9.17, 15) is 19.8 Å². The number of aromatic nitrogens is 1. The lowest BCUT2D eigenvalue weighted by atomic mass is 9.86. The molecule has 1 amide bonds. The first-order chi connectivity index (χ1) is 13.5. The van der Waals surface area contributed by atoms with Crippen molar-refractivity contribution >= 4 is 5.91 Å². The molecule has 0 radical (unpaired) electrons. The van der Waals surface area contributed by atoms with Crippen molar-refractivity contribution in [3.05, 3.63) is 63.6 Å². The van der Waals surface area contributed by atoms with E-state index in [1.54, 1.807) is 9.47 Å². The highest BCUT2D eigenvalue weighted by molar-refractivity contribution is 5.96. The molecule has 2 aromatic rings. The molecular weight excluding hydrogens is 360 g/mol. The van der Waals surface area contributed by atoms with E-state index in [0.717, 1.165) is 18.4 Å². The lowest BCUT2D eigenvalue weighted by molar-refractivity contribution is -0.0431. The smallest absolute Gasteiger partial charge is 0.274 e. The molecule has 4 heterocycles. The summed E-state index contributed by atoms with van der Waals surface area (Å²) in [6.07, 6.45) is 0.0311. The predicted octanol–water partition coefficient (Wildman–Crippen LogP) is 1.17. The minimum absolute atomic E-state index is 0.00474. The van der Waals surface area contributed by atoms with Gasteiger partial charge in [-0.2, -0.15) is 0 Å². The summed E-state index contributed by atoms with van der Waals surface area (Å²) < 4.78 is 7.55. The van der Waals surface area contributed by atoms with Crippen LogP contribution in [0.25, 0.3) is 0 Å². The summed E-state index contributed by atoms with van der Waals surface area (Å²) in [5.74, 6) is -0.282. The van der Waals surface area contributed by atoms with Crippen molar-refractivity contribution in [3.8, 4) is 5.75 Å². The normalized spacial score (nSPS) is 28.1. The van der Waals surface area contributed by atoms with Crippen molar-refractivity contribution in [2.45, 2.75) is 43.6 Å². The number of fused-ring (bicyclic) bond motifs is 1. The monoisotopic (exact) mass is 382 g/mol. The number of hydrogen-bond donors (Lipinski definition) is 2. The van der Waals surface area contributed by atoms with E-state index >= 15 is 0 Å². The fraction of sp³-hybridized carbons (Fsp3) is 0.429. The second-order valence-corrected chi connectivity index (χ2v) is 7.90. The van der Waals surface area contributed by atoms with E-state index in [1.165, 1.54) is 6.07 Å². The number of carbonyl (C=O) groups is 1. The molecule has 146 valence electrons. The Labute approximate surface area is 161 Å². The number of hydrogen-bond acceptors (Lipinski definition) is 5. The Kier molecular flexibility index (Phi) is 3.86. The van der Waals surface area contributed by atoms with Crippen LogP contribution in [0, 0.1) is 0 Å². The molecule has 3 aliphatic heterocycles. The van der Waals surface area contributed by atoms with Crippen molar-refractivity contribution in [1.82, 2.24) is 9.47 Å². The molecule has 2 N–H and O–H groups in total. The molecule has 0 saturated carbocycles. The summed E-state index contributed by atoms with van der Waals surface area (Å²) >= 11 is 0. The van der Waals surface area contributed by atoms with Gasteiger partial charge < -0.3 is 24.4 Å². The number of amides is 1. The van der Waals surface area contributed by atoms with Gasteiger partial charge in [0.15, 0.2) is 11.4 Å². The number of nitrogens with zero attached hydrogens (tertiary/aromatic N) is 2. The maximum absolute atomic E-state index is 13.2. The Hall–Kier alpha value is -2.64. The summed E-state index contributed by atoms with van der Waals surface area (Å²) in [4.78, 5) is 27.7. The summed E-state index contributed by atoms with van der Waals surface area (Å²) in [5, 5.41) is 21.5. The largest absolute Gasteiger partial charge is 0.483 e. The summed E-state index contributed by atoms with van der Waals surface area (Å²) in [5.41, 5.74) is 0.0771. The zero-order chi connectivity index (χ0) is 19.5. The van der Waals surface area contributed by atoms with E-state index in [0.29, 0.717) is 25.2 Å². The Morgan fingerprint density at radius 3 is 2.71 bits per heavy atom. The van der Waals surface area contributed by atoms with Gasteiger partial charge >= 0.3 is 0 Å². The molecule has 5 rings (SSSR count). The van der Waals surface area contributed by atoms with Crippen LogP contribution in [0.15, 0.2) is 41.2 Å². The van der Waals surface area contributed by atoms with Gasteiger partial charge in [0, 0.05) is 19.2 Å². The van der Waals surface area contributed by atoms with Gasteiger partial charge in [-0.25, -0.2) is 0 Å². The van der Waals surface area contributed by atoms with Gasteiger partial charge in [0.05, 0.1) is 11.2 Å². The predicted molar refractivity (Wildman–Crippen MR) is 100 cm³/mol. The van der Waals surface area contributed by atoms with Crippen LogP contribution in [0.2, 0.25) is 0 Å². The molecule has 1 fully saturated rings. The number of pyridine rings is 1. The average molecular weight is 382 g/mol. The molecule has 3 aliphatic rings. The summed E-state index contributed by atoms with van der Waals surface area (Å²) in [6, 6.07) is 10.7.